The van der Waals surface area contributed by atoms with Crippen molar-refractivity contribution in [1.82, 2.24) is 5.16 Å². The predicted octanol–water partition coefficient (Wildman–Crippen LogP) is 4.52. The second-order valence-electron chi connectivity index (χ2n) is 5.34. The summed E-state index contributed by atoms with van der Waals surface area (Å²) >= 11 is 3.32. The van der Waals surface area contributed by atoms with Gasteiger partial charge in [-0.1, -0.05) is 39.3 Å². The molecule has 0 atom stereocenters. The SMILES string of the molecule is Cc1noc(C)c1-c1ccc(S(=O)(=O)Nc2cccc(Br)c2)cc1. The van der Waals surface area contributed by atoms with Gasteiger partial charge in [-0.15, -0.1) is 0 Å². The average Bonchev–Trinajstić information content (AvgIpc) is 2.86. The molecule has 0 radical (unpaired) electrons. The van der Waals surface area contributed by atoms with Crippen molar-refractivity contribution in [3.05, 3.63) is 64.5 Å². The number of anilines is 1. The fourth-order valence-corrected chi connectivity index (χ4v) is 3.91. The first-order valence-corrected chi connectivity index (χ1v) is 9.46. The van der Waals surface area contributed by atoms with Crippen LogP contribution in [-0.2, 0) is 10.0 Å². The van der Waals surface area contributed by atoms with Crippen molar-refractivity contribution >= 4 is 31.6 Å². The normalized spacial score (nSPS) is 11.5. The summed E-state index contributed by atoms with van der Waals surface area (Å²) in [6.45, 7) is 3.68. The van der Waals surface area contributed by atoms with E-state index in [-0.39, 0.29) is 4.90 Å². The summed E-state index contributed by atoms with van der Waals surface area (Å²) in [7, 11) is -3.65. The topological polar surface area (TPSA) is 72.2 Å². The van der Waals surface area contributed by atoms with E-state index in [1.165, 1.54) is 0 Å². The summed E-state index contributed by atoms with van der Waals surface area (Å²) in [6.07, 6.45) is 0. The van der Waals surface area contributed by atoms with E-state index in [2.05, 4.69) is 25.8 Å². The quantitative estimate of drug-likeness (QED) is 0.690. The van der Waals surface area contributed by atoms with Crippen molar-refractivity contribution in [3.63, 3.8) is 0 Å². The van der Waals surface area contributed by atoms with Gasteiger partial charge in [0.15, 0.2) is 0 Å². The van der Waals surface area contributed by atoms with Gasteiger partial charge >= 0.3 is 0 Å². The molecule has 3 aromatic rings. The van der Waals surface area contributed by atoms with Gasteiger partial charge in [0.05, 0.1) is 10.6 Å². The van der Waals surface area contributed by atoms with Crippen molar-refractivity contribution in [1.29, 1.82) is 0 Å². The fraction of sp³-hybridized carbons (Fsp3) is 0.118. The molecule has 0 bridgehead atoms. The van der Waals surface area contributed by atoms with E-state index < -0.39 is 10.0 Å². The van der Waals surface area contributed by atoms with Gasteiger partial charge < -0.3 is 4.52 Å². The molecular formula is C17H15BrN2O3S. The Morgan fingerprint density at radius 3 is 2.38 bits per heavy atom. The van der Waals surface area contributed by atoms with Crippen LogP contribution in [0.4, 0.5) is 5.69 Å². The van der Waals surface area contributed by atoms with Crippen LogP contribution < -0.4 is 4.72 Å². The van der Waals surface area contributed by atoms with E-state index in [0.29, 0.717) is 11.4 Å². The summed E-state index contributed by atoms with van der Waals surface area (Å²) in [5, 5.41) is 3.92. The standard InChI is InChI=1S/C17H15BrN2O3S/c1-11-17(12(2)23-19-11)13-6-8-16(9-7-13)24(21,22)20-15-5-3-4-14(18)10-15/h3-10,20H,1-2H3. The van der Waals surface area contributed by atoms with Crippen LogP contribution in [0.5, 0.6) is 0 Å². The lowest BCUT2D eigenvalue weighted by Gasteiger charge is -2.09. The van der Waals surface area contributed by atoms with Crippen molar-refractivity contribution in [2.75, 3.05) is 4.72 Å². The molecule has 0 aliphatic heterocycles. The predicted molar refractivity (Wildman–Crippen MR) is 96.4 cm³/mol. The van der Waals surface area contributed by atoms with Crippen LogP contribution in [0.15, 0.2) is 62.4 Å². The van der Waals surface area contributed by atoms with Gasteiger partial charge in [-0.05, 0) is 49.7 Å². The number of rotatable bonds is 4. The number of benzene rings is 2. The molecule has 3 rings (SSSR count). The first-order chi connectivity index (χ1) is 11.4. The van der Waals surface area contributed by atoms with Crippen molar-refractivity contribution < 1.29 is 12.9 Å². The molecule has 1 heterocycles. The highest BCUT2D eigenvalue weighted by Crippen LogP contribution is 2.28. The second-order valence-corrected chi connectivity index (χ2v) is 7.94. The maximum absolute atomic E-state index is 12.5. The molecule has 124 valence electrons. The van der Waals surface area contributed by atoms with E-state index in [9.17, 15) is 8.42 Å². The molecule has 5 nitrogen and oxygen atoms in total. The molecule has 0 unspecified atom stereocenters. The van der Waals surface area contributed by atoms with Crippen LogP contribution in [-0.4, -0.2) is 13.6 Å². The van der Waals surface area contributed by atoms with E-state index in [4.69, 9.17) is 4.52 Å². The maximum atomic E-state index is 12.5. The summed E-state index contributed by atoms with van der Waals surface area (Å²) in [5.41, 5.74) is 3.03. The number of aromatic nitrogens is 1. The van der Waals surface area contributed by atoms with Crippen molar-refractivity contribution in [3.8, 4) is 11.1 Å². The third kappa shape index (κ3) is 3.37. The third-order valence-corrected chi connectivity index (χ3v) is 5.45. The Morgan fingerprint density at radius 2 is 1.79 bits per heavy atom. The maximum Gasteiger partial charge on any atom is 0.261 e. The molecule has 2 aromatic carbocycles. The van der Waals surface area contributed by atoms with Crippen molar-refractivity contribution in [2.45, 2.75) is 18.7 Å². The smallest absolute Gasteiger partial charge is 0.261 e. The average molecular weight is 407 g/mol. The van der Waals surface area contributed by atoms with Gasteiger partial charge in [0.25, 0.3) is 10.0 Å². The molecule has 0 aliphatic carbocycles. The Labute approximate surface area is 148 Å². The molecule has 0 saturated heterocycles. The molecule has 0 spiro atoms. The minimum Gasteiger partial charge on any atom is -0.361 e. The zero-order valence-corrected chi connectivity index (χ0v) is 15.5. The number of sulfonamides is 1. The molecule has 0 saturated carbocycles. The Kier molecular flexibility index (Phi) is 4.47. The minimum atomic E-state index is -3.65. The molecule has 0 fully saturated rings. The van der Waals surface area contributed by atoms with Crippen LogP contribution in [0, 0.1) is 13.8 Å². The van der Waals surface area contributed by atoms with Crippen LogP contribution in [0.3, 0.4) is 0 Å². The fourth-order valence-electron chi connectivity index (χ4n) is 2.46. The number of hydrogen-bond acceptors (Lipinski definition) is 4. The minimum absolute atomic E-state index is 0.193. The van der Waals surface area contributed by atoms with Gasteiger partial charge in [-0.2, -0.15) is 0 Å². The van der Waals surface area contributed by atoms with Gasteiger partial charge in [0.2, 0.25) is 0 Å². The van der Waals surface area contributed by atoms with Gasteiger partial charge in [0, 0.05) is 15.7 Å². The summed E-state index contributed by atoms with van der Waals surface area (Å²) < 4.78 is 33.5. The van der Waals surface area contributed by atoms with Crippen LogP contribution >= 0.6 is 15.9 Å². The molecule has 1 N–H and O–H groups in total. The lowest BCUT2D eigenvalue weighted by atomic mass is 10.0. The lowest BCUT2D eigenvalue weighted by molar-refractivity contribution is 0.393. The largest absolute Gasteiger partial charge is 0.361 e. The molecule has 0 amide bonds. The molecular weight excluding hydrogens is 392 g/mol. The van der Waals surface area contributed by atoms with Crippen LogP contribution in [0.25, 0.3) is 11.1 Å². The highest BCUT2D eigenvalue weighted by Gasteiger charge is 2.16. The Bertz CT molecular complexity index is 960. The highest BCUT2D eigenvalue weighted by molar-refractivity contribution is 9.10. The van der Waals surface area contributed by atoms with E-state index >= 15 is 0 Å². The highest BCUT2D eigenvalue weighted by atomic mass is 79.9. The van der Waals surface area contributed by atoms with E-state index in [0.717, 1.165) is 21.3 Å². The first kappa shape index (κ1) is 16.7. The zero-order valence-electron chi connectivity index (χ0n) is 13.1. The zero-order chi connectivity index (χ0) is 17.3. The third-order valence-electron chi connectivity index (χ3n) is 3.56. The van der Waals surface area contributed by atoms with Crippen molar-refractivity contribution in [2.24, 2.45) is 0 Å². The Hall–Kier alpha value is -2.12. The van der Waals surface area contributed by atoms with E-state index in [1.807, 2.05) is 19.9 Å². The van der Waals surface area contributed by atoms with Crippen LogP contribution in [0.1, 0.15) is 11.5 Å². The summed E-state index contributed by atoms with van der Waals surface area (Å²) in [6, 6.07) is 13.6. The van der Waals surface area contributed by atoms with E-state index in [1.54, 1.807) is 42.5 Å². The molecule has 1 aromatic heterocycles. The number of halogens is 1. The van der Waals surface area contributed by atoms with Gasteiger partial charge in [-0.25, -0.2) is 8.42 Å². The molecule has 7 heteroatoms. The Morgan fingerprint density at radius 1 is 1.08 bits per heavy atom. The van der Waals surface area contributed by atoms with Gasteiger partial charge in [0.1, 0.15) is 5.76 Å². The molecule has 24 heavy (non-hydrogen) atoms. The summed E-state index contributed by atoms with van der Waals surface area (Å²) in [5.74, 6) is 0.704. The molecule has 0 aliphatic rings. The first-order valence-electron chi connectivity index (χ1n) is 7.18. The number of nitrogens with one attached hydrogen (secondary N) is 1. The summed E-state index contributed by atoms with van der Waals surface area (Å²) in [4.78, 5) is 0.193. The monoisotopic (exact) mass is 406 g/mol. The Balaban J connectivity index is 1.90. The van der Waals surface area contributed by atoms with Crippen LogP contribution in [0.2, 0.25) is 0 Å². The number of aryl methyl sites for hydroxylation is 2. The number of nitrogens with zero attached hydrogens (tertiary/aromatic N) is 1. The number of hydrogen-bond donors (Lipinski definition) is 1. The lowest BCUT2D eigenvalue weighted by Crippen LogP contribution is -2.12. The second kappa shape index (κ2) is 6.41. The van der Waals surface area contributed by atoms with Gasteiger partial charge in [-0.3, -0.25) is 4.72 Å².